The van der Waals surface area contributed by atoms with Crippen LogP contribution in [0, 0.1) is 0 Å². The highest BCUT2D eigenvalue weighted by Crippen LogP contribution is 2.20. The van der Waals surface area contributed by atoms with Gasteiger partial charge in [0.25, 0.3) is 0 Å². The topological polar surface area (TPSA) is 21.6 Å². The van der Waals surface area contributed by atoms with Crippen LogP contribution < -0.4 is 0 Å². The lowest BCUT2D eigenvalue weighted by molar-refractivity contribution is 0.212. The maximum atomic E-state index is 4.82. The lowest BCUT2D eigenvalue weighted by Gasteiger charge is -2.19. The Morgan fingerprint density at radius 2 is 1.86 bits per heavy atom. The lowest BCUT2D eigenvalue weighted by atomic mass is 9.99. The molecule has 3 heteroatoms. The van der Waals surface area contributed by atoms with Crippen LogP contribution >= 0.6 is 12.6 Å². The van der Waals surface area contributed by atoms with Crippen LogP contribution in [0.15, 0.2) is 35.5 Å². The molecule has 0 aliphatic heterocycles. The first-order chi connectivity index (χ1) is 6.55. The lowest BCUT2D eigenvalue weighted by Crippen LogP contribution is -2.26. The van der Waals surface area contributed by atoms with Crippen LogP contribution in [0.2, 0.25) is 0 Å². The summed E-state index contributed by atoms with van der Waals surface area (Å²) in [4.78, 5) is 4.82. The number of nitrogens with zero attached hydrogens (tertiary/aromatic N) is 1. The average molecular weight is 209 g/mol. The SMILES string of the molecule is CON=C(c1ccccc1)C(C)(C)S. The Morgan fingerprint density at radius 3 is 2.29 bits per heavy atom. The van der Waals surface area contributed by atoms with Crippen molar-refractivity contribution in [2.24, 2.45) is 5.16 Å². The molecule has 0 amide bonds. The van der Waals surface area contributed by atoms with Gasteiger partial charge in [-0.05, 0) is 13.8 Å². The van der Waals surface area contributed by atoms with Crippen molar-refractivity contribution in [2.75, 3.05) is 7.11 Å². The van der Waals surface area contributed by atoms with Gasteiger partial charge in [0, 0.05) is 5.56 Å². The molecule has 0 aromatic heterocycles. The van der Waals surface area contributed by atoms with Crippen molar-refractivity contribution < 1.29 is 4.84 Å². The molecule has 0 unspecified atom stereocenters. The molecule has 14 heavy (non-hydrogen) atoms. The zero-order valence-electron chi connectivity index (χ0n) is 8.69. The third-order valence-corrected chi connectivity index (χ3v) is 2.02. The van der Waals surface area contributed by atoms with E-state index in [4.69, 9.17) is 4.84 Å². The van der Waals surface area contributed by atoms with Crippen molar-refractivity contribution in [3.8, 4) is 0 Å². The first kappa shape index (κ1) is 11.1. The summed E-state index contributed by atoms with van der Waals surface area (Å²) in [5.74, 6) is 0. The Labute approximate surface area is 90.4 Å². The van der Waals surface area contributed by atoms with E-state index in [1.165, 1.54) is 0 Å². The molecule has 1 aromatic carbocycles. The molecule has 0 aliphatic rings. The molecular formula is C11H15NOS. The second kappa shape index (κ2) is 4.51. The number of hydrogen-bond acceptors (Lipinski definition) is 3. The van der Waals surface area contributed by atoms with E-state index in [1.54, 1.807) is 7.11 Å². The number of benzene rings is 1. The van der Waals surface area contributed by atoms with Gasteiger partial charge >= 0.3 is 0 Å². The van der Waals surface area contributed by atoms with Crippen LogP contribution in [0.5, 0.6) is 0 Å². The van der Waals surface area contributed by atoms with E-state index >= 15 is 0 Å². The predicted molar refractivity (Wildman–Crippen MR) is 63.1 cm³/mol. The second-order valence-corrected chi connectivity index (χ2v) is 4.67. The molecule has 0 heterocycles. The van der Waals surface area contributed by atoms with Crippen LogP contribution in [0.1, 0.15) is 19.4 Å². The van der Waals surface area contributed by atoms with Gasteiger partial charge in [-0.15, -0.1) is 0 Å². The first-order valence-corrected chi connectivity index (χ1v) is 4.90. The highest BCUT2D eigenvalue weighted by atomic mass is 32.1. The average Bonchev–Trinajstić information content (AvgIpc) is 2.14. The third-order valence-electron chi connectivity index (χ3n) is 1.81. The first-order valence-electron chi connectivity index (χ1n) is 4.45. The van der Waals surface area contributed by atoms with Crippen molar-refractivity contribution in [3.05, 3.63) is 35.9 Å². The zero-order chi connectivity index (χ0) is 10.6. The van der Waals surface area contributed by atoms with E-state index in [0.29, 0.717) is 0 Å². The predicted octanol–water partition coefficient (Wildman–Crippen LogP) is 2.75. The zero-order valence-corrected chi connectivity index (χ0v) is 9.58. The maximum Gasteiger partial charge on any atom is 0.106 e. The number of rotatable bonds is 3. The van der Waals surface area contributed by atoms with Crippen LogP contribution in [-0.4, -0.2) is 17.6 Å². The molecule has 0 bridgehead atoms. The second-order valence-electron chi connectivity index (χ2n) is 3.55. The molecule has 1 rings (SSSR count). The van der Waals surface area contributed by atoms with Gasteiger partial charge in [0.15, 0.2) is 0 Å². The van der Waals surface area contributed by atoms with Crippen LogP contribution in [0.4, 0.5) is 0 Å². The van der Waals surface area contributed by atoms with Gasteiger partial charge in [-0.3, -0.25) is 0 Å². The smallest absolute Gasteiger partial charge is 0.106 e. The summed E-state index contributed by atoms with van der Waals surface area (Å²) in [5, 5.41) is 4.01. The van der Waals surface area contributed by atoms with Crippen LogP contribution in [-0.2, 0) is 4.84 Å². The summed E-state index contributed by atoms with van der Waals surface area (Å²) >= 11 is 4.48. The van der Waals surface area contributed by atoms with Gasteiger partial charge in [-0.2, -0.15) is 12.6 Å². The molecule has 0 fully saturated rings. The summed E-state index contributed by atoms with van der Waals surface area (Å²) in [6.45, 7) is 3.97. The normalized spacial score (nSPS) is 12.7. The standard InChI is InChI=1S/C11H15NOS/c1-11(2,14)10(12-13-3)9-7-5-4-6-8-9/h4-8,14H,1-3H3. The van der Waals surface area contributed by atoms with E-state index in [2.05, 4.69) is 17.8 Å². The summed E-state index contributed by atoms with van der Waals surface area (Å²) in [5.41, 5.74) is 1.87. The number of hydrogen-bond donors (Lipinski definition) is 1. The Balaban J connectivity index is 3.09. The van der Waals surface area contributed by atoms with Gasteiger partial charge < -0.3 is 4.84 Å². The number of thiol groups is 1. The largest absolute Gasteiger partial charge is 0.399 e. The minimum Gasteiger partial charge on any atom is -0.399 e. The highest BCUT2D eigenvalue weighted by molar-refractivity contribution is 7.82. The minimum absolute atomic E-state index is 0.308. The van der Waals surface area contributed by atoms with Crippen molar-refractivity contribution >= 4 is 18.3 Å². The van der Waals surface area contributed by atoms with Gasteiger partial charge in [-0.1, -0.05) is 35.5 Å². The summed E-state index contributed by atoms with van der Waals surface area (Å²) in [6.07, 6.45) is 0. The fraction of sp³-hybridized carbons (Fsp3) is 0.364. The summed E-state index contributed by atoms with van der Waals surface area (Å²) in [6, 6.07) is 9.91. The third kappa shape index (κ3) is 2.77. The quantitative estimate of drug-likeness (QED) is 0.461. The van der Waals surface area contributed by atoms with E-state index in [0.717, 1.165) is 11.3 Å². The molecule has 0 aliphatic carbocycles. The van der Waals surface area contributed by atoms with Crippen molar-refractivity contribution in [2.45, 2.75) is 18.6 Å². The Kier molecular flexibility index (Phi) is 3.58. The maximum absolute atomic E-state index is 4.82. The summed E-state index contributed by atoms with van der Waals surface area (Å²) < 4.78 is -0.308. The fourth-order valence-electron chi connectivity index (χ4n) is 1.20. The Bertz CT molecular complexity index is 314. The Morgan fingerprint density at radius 1 is 1.29 bits per heavy atom. The molecule has 0 N–H and O–H groups in total. The van der Waals surface area contributed by atoms with E-state index in [9.17, 15) is 0 Å². The number of oxime groups is 1. The molecule has 76 valence electrons. The monoisotopic (exact) mass is 209 g/mol. The van der Waals surface area contributed by atoms with Gasteiger partial charge in [0.05, 0.1) is 4.75 Å². The molecule has 0 radical (unpaired) electrons. The fourth-order valence-corrected chi connectivity index (χ4v) is 1.37. The van der Waals surface area contributed by atoms with Gasteiger partial charge in [0.1, 0.15) is 12.8 Å². The molecule has 0 spiro atoms. The van der Waals surface area contributed by atoms with E-state index in [-0.39, 0.29) is 4.75 Å². The molecule has 0 saturated carbocycles. The highest BCUT2D eigenvalue weighted by Gasteiger charge is 2.22. The molecule has 0 saturated heterocycles. The van der Waals surface area contributed by atoms with E-state index < -0.39 is 0 Å². The van der Waals surface area contributed by atoms with Gasteiger partial charge in [0.2, 0.25) is 0 Å². The molecule has 2 nitrogen and oxygen atoms in total. The van der Waals surface area contributed by atoms with Gasteiger partial charge in [-0.25, -0.2) is 0 Å². The molecule has 0 atom stereocenters. The van der Waals surface area contributed by atoms with Crippen molar-refractivity contribution in [3.63, 3.8) is 0 Å². The van der Waals surface area contributed by atoms with Crippen LogP contribution in [0.25, 0.3) is 0 Å². The van der Waals surface area contributed by atoms with E-state index in [1.807, 2.05) is 44.2 Å². The minimum atomic E-state index is -0.308. The van der Waals surface area contributed by atoms with Crippen molar-refractivity contribution in [1.29, 1.82) is 0 Å². The van der Waals surface area contributed by atoms with Crippen molar-refractivity contribution in [1.82, 2.24) is 0 Å². The summed E-state index contributed by atoms with van der Waals surface area (Å²) in [7, 11) is 1.54. The Hall–Kier alpha value is -0.960. The van der Waals surface area contributed by atoms with Crippen LogP contribution in [0.3, 0.4) is 0 Å². The molecule has 1 aromatic rings. The molecular weight excluding hydrogens is 194 g/mol.